The minimum atomic E-state index is -0.503. The van der Waals surface area contributed by atoms with E-state index < -0.39 is 4.92 Å². The second-order valence-corrected chi connectivity index (χ2v) is 4.47. The van der Waals surface area contributed by atoms with Crippen molar-refractivity contribution in [3.05, 3.63) is 34.4 Å². The van der Waals surface area contributed by atoms with E-state index in [1.165, 1.54) is 24.3 Å². The number of nitro groups is 1. The Kier molecular flexibility index (Phi) is 6.05. The third kappa shape index (κ3) is 4.93. The molecule has 0 spiro atoms. The number of rotatable bonds is 6. The molecule has 6 nitrogen and oxygen atoms in total. The highest BCUT2D eigenvalue weighted by atomic mass is 32.1. The molecular weight excluding hydrogens is 282 g/mol. The number of ether oxygens (including phenoxy) is 2. The van der Waals surface area contributed by atoms with Crippen molar-refractivity contribution in [3.8, 4) is 5.75 Å². The third-order valence-corrected chi connectivity index (χ3v) is 2.80. The highest BCUT2D eigenvalue weighted by Crippen LogP contribution is 2.17. The molecule has 0 heterocycles. The lowest BCUT2D eigenvalue weighted by atomic mass is 10.1. The molecule has 0 aliphatic carbocycles. The Morgan fingerprint density at radius 2 is 2.00 bits per heavy atom. The van der Waals surface area contributed by atoms with E-state index in [4.69, 9.17) is 21.7 Å². The van der Waals surface area contributed by atoms with Gasteiger partial charge in [-0.15, -0.1) is 0 Å². The zero-order chi connectivity index (χ0) is 15.1. The average molecular weight is 297 g/mol. The molecule has 108 valence electrons. The zero-order valence-corrected chi connectivity index (χ0v) is 12.0. The van der Waals surface area contributed by atoms with Crippen LogP contribution in [0.2, 0.25) is 0 Å². The fourth-order valence-corrected chi connectivity index (χ4v) is 1.56. The molecule has 0 aliphatic rings. The summed E-state index contributed by atoms with van der Waals surface area (Å²) in [5, 5.41) is 10.4. The van der Waals surface area contributed by atoms with Gasteiger partial charge in [0, 0.05) is 36.7 Å². The van der Waals surface area contributed by atoms with Crippen molar-refractivity contribution in [2.45, 2.75) is 20.3 Å². The molecule has 0 saturated heterocycles. The topological polar surface area (TPSA) is 78.7 Å². The van der Waals surface area contributed by atoms with Gasteiger partial charge in [0.1, 0.15) is 18.1 Å². The van der Waals surface area contributed by atoms with Crippen LogP contribution >= 0.6 is 12.2 Å². The van der Waals surface area contributed by atoms with Crippen LogP contribution in [-0.4, -0.2) is 22.6 Å². The van der Waals surface area contributed by atoms with Crippen LogP contribution in [0, 0.1) is 16.0 Å². The maximum absolute atomic E-state index is 11.4. The number of nitrogens with zero attached hydrogens (tertiary/aromatic N) is 1. The minimum Gasteiger partial charge on any atom is -0.456 e. The van der Waals surface area contributed by atoms with E-state index in [0.29, 0.717) is 12.2 Å². The molecule has 0 radical (unpaired) electrons. The van der Waals surface area contributed by atoms with Gasteiger partial charge in [-0.1, -0.05) is 13.8 Å². The number of carbonyl (C=O) groups is 1. The van der Waals surface area contributed by atoms with Gasteiger partial charge in [-0.3, -0.25) is 14.9 Å². The van der Waals surface area contributed by atoms with Crippen molar-refractivity contribution in [1.29, 1.82) is 0 Å². The van der Waals surface area contributed by atoms with E-state index in [1.54, 1.807) is 13.8 Å². The number of carbonyl (C=O) groups excluding carboxylic acids is 1. The lowest BCUT2D eigenvalue weighted by Crippen LogP contribution is -2.20. The van der Waals surface area contributed by atoms with E-state index in [-0.39, 0.29) is 29.2 Å². The molecule has 0 aromatic heterocycles. The summed E-state index contributed by atoms with van der Waals surface area (Å²) in [7, 11) is 0. The van der Waals surface area contributed by atoms with Gasteiger partial charge in [-0.25, -0.2) is 0 Å². The number of hydrogen-bond donors (Lipinski definition) is 0. The van der Waals surface area contributed by atoms with Crippen LogP contribution in [0.1, 0.15) is 20.3 Å². The monoisotopic (exact) mass is 297 g/mol. The van der Waals surface area contributed by atoms with Crippen molar-refractivity contribution < 1.29 is 19.2 Å². The van der Waals surface area contributed by atoms with Crippen LogP contribution in [0.3, 0.4) is 0 Å². The Morgan fingerprint density at radius 1 is 1.40 bits per heavy atom. The Bertz CT molecular complexity index is 500. The molecule has 0 aliphatic heterocycles. The second kappa shape index (κ2) is 7.54. The molecule has 1 aromatic carbocycles. The van der Waals surface area contributed by atoms with Crippen LogP contribution in [0.5, 0.6) is 5.75 Å². The number of ketones is 1. The first-order valence-electron chi connectivity index (χ1n) is 6.05. The van der Waals surface area contributed by atoms with E-state index in [0.717, 1.165) is 0 Å². The maximum Gasteiger partial charge on any atom is 0.357 e. The normalized spacial score (nSPS) is 11.5. The summed E-state index contributed by atoms with van der Waals surface area (Å²) < 4.78 is 10.4. The molecule has 1 aromatic rings. The number of hydrogen-bond acceptors (Lipinski definition) is 6. The molecule has 20 heavy (non-hydrogen) atoms. The van der Waals surface area contributed by atoms with Gasteiger partial charge in [0.05, 0.1) is 4.92 Å². The lowest BCUT2D eigenvalue weighted by molar-refractivity contribution is -0.384. The number of Topliss-reactive ketones (excluding diaryl/α,β-unsaturated/α-hetero) is 1. The van der Waals surface area contributed by atoms with Crippen LogP contribution < -0.4 is 4.74 Å². The Hall–Kier alpha value is -2.02. The van der Waals surface area contributed by atoms with Crippen molar-refractivity contribution >= 4 is 28.9 Å². The summed E-state index contributed by atoms with van der Waals surface area (Å²) in [6, 6.07) is 5.46. The summed E-state index contributed by atoms with van der Waals surface area (Å²) >= 11 is 4.87. The van der Waals surface area contributed by atoms with Gasteiger partial charge in [-0.05, 0) is 12.1 Å². The van der Waals surface area contributed by atoms with E-state index in [2.05, 4.69) is 0 Å². The Morgan fingerprint density at radius 3 is 2.50 bits per heavy atom. The predicted octanol–water partition coefficient (Wildman–Crippen LogP) is 2.89. The maximum atomic E-state index is 11.4. The highest BCUT2D eigenvalue weighted by molar-refractivity contribution is 7.79. The molecule has 1 rings (SSSR count). The molecular formula is C13H15NO5S. The standard InChI is InChI=1S/C13H15NO5S/c1-3-12(15)9(2)8-18-13(20)19-11-6-4-10(5-7-11)14(16)17/h4-7,9H,3,8H2,1-2H3. The predicted molar refractivity (Wildman–Crippen MR) is 76.7 cm³/mol. The highest BCUT2D eigenvalue weighted by Gasteiger charge is 2.13. The van der Waals surface area contributed by atoms with E-state index >= 15 is 0 Å². The molecule has 0 fully saturated rings. The van der Waals surface area contributed by atoms with Crippen LogP contribution in [-0.2, 0) is 9.53 Å². The third-order valence-electron chi connectivity index (χ3n) is 2.60. The fourth-order valence-electron chi connectivity index (χ4n) is 1.40. The molecule has 1 unspecified atom stereocenters. The molecule has 1 atom stereocenters. The van der Waals surface area contributed by atoms with Gasteiger partial charge in [0.25, 0.3) is 5.69 Å². The first-order chi connectivity index (χ1) is 9.43. The van der Waals surface area contributed by atoms with Gasteiger partial charge in [0.15, 0.2) is 0 Å². The minimum absolute atomic E-state index is 0.0358. The summed E-state index contributed by atoms with van der Waals surface area (Å²) in [6.45, 7) is 3.68. The molecule has 0 amide bonds. The van der Waals surface area contributed by atoms with Gasteiger partial charge < -0.3 is 9.47 Å². The van der Waals surface area contributed by atoms with Crippen LogP contribution in [0.15, 0.2) is 24.3 Å². The number of thiocarbonyl (C=S) groups is 1. The first-order valence-corrected chi connectivity index (χ1v) is 6.46. The van der Waals surface area contributed by atoms with Crippen molar-refractivity contribution in [2.75, 3.05) is 6.61 Å². The van der Waals surface area contributed by atoms with Crippen molar-refractivity contribution in [1.82, 2.24) is 0 Å². The molecule has 0 bridgehead atoms. The van der Waals surface area contributed by atoms with Crippen molar-refractivity contribution in [3.63, 3.8) is 0 Å². The first kappa shape index (κ1) is 16.0. The zero-order valence-electron chi connectivity index (χ0n) is 11.2. The Balaban J connectivity index is 2.46. The molecule has 7 heteroatoms. The lowest BCUT2D eigenvalue weighted by Gasteiger charge is -2.12. The van der Waals surface area contributed by atoms with Crippen molar-refractivity contribution in [2.24, 2.45) is 5.92 Å². The second-order valence-electron chi connectivity index (χ2n) is 4.13. The number of benzene rings is 1. The van der Waals surface area contributed by atoms with Crippen LogP contribution in [0.4, 0.5) is 5.69 Å². The molecule has 0 saturated carbocycles. The quantitative estimate of drug-likeness (QED) is 0.456. The van der Waals surface area contributed by atoms with Gasteiger partial charge >= 0.3 is 5.24 Å². The average Bonchev–Trinajstić information content (AvgIpc) is 2.44. The van der Waals surface area contributed by atoms with Gasteiger partial charge in [0.2, 0.25) is 0 Å². The Labute approximate surface area is 121 Å². The summed E-state index contributed by atoms with van der Waals surface area (Å²) in [5.41, 5.74) is -0.0358. The molecule has 0 N–H and O–H groups in total. The largest absolute Gasteiger partial charge is 0.456 e. The number of nitro benzene ring substituents is 1. The van der Waals surface area contributed by atoms with Gasteiger partial charge in [-0.2, -0.15) is 0 Å². The number of non-ortho nitro benzene ring substituents is 1. The van der Waals surface area contributed by atoms with Crippen LogP contribution in [0.25, 0.3) is 0 Å². The fraction of sp³-hybridized carbons (Fsp3) is 0.385. The van der Waals surface area contributed by atoms with E-state index in [9.17, 15) is 14.9 Å². The summed E-state index contributed by atoms with van der Waals surface area (Å²) in [4.78, 5) is 21.3. The summed E-state index contributed by atoms with van der Waals surface area (Å²) in [6.07, 6.45) is 0.445. The SMILES string of the molecule is CCC(=O)C(C)COC(=S)Oc1ccc([N+](=O)[O-])cc1. The van der Waals surface area contributed by atoms with E-state index in [1.807, 2.05) is 0 Å². The smallest absolute Gasteiger partial charge is 0.357 e. The summed E-state index contributed by atoms with van der Waals surface area (Å²) in [5.74, 6) is 0.177.